The first-order valence-corrected chi connectivity index (χ1v) is 8.44. The number of amides is 1. The van der Waals surface area contributed by atoms with Crippen LogP contribution in [0, 0.1) is 5.82 Å². The second-order valence-corrected chi connectivity index (χ2v) is 6.70. The number of benzene rings is 2. The molecular formula is C18H14FNOS2. The second kappa shape index (κ2) is 6.64. The van der Waals surface area contributed by atoms with E-state index in [4.69, 9.17) is 12.2 Å². The number of hydrogen-bond acceptors (Lipinski definition) is 3. The van der Waals surface area contributed by atoms with Gasteiger partial charge in [0.2, 0.25) is 0 Å². The van der Waals surface area contributed by atoms with E-state index >= 15 is 0 Å². The summed E-state index contributed by atoms with van der Waals surface area (Å²) in [6.07, 6.45) is 2.36. The number of anilines is 1. The zero-order valence-corrected chi connectivity index (χ0v) is 14.1. The molecule has 23 heavy (non-hydrogen) atoms. The Bertz CT molecular complexity index is 816. The average Bonchev–Trinajstić information content (AvgIpc) is 2.83. The van der Waals surface area contributed by atoms with Gasteiger partial charge < -0.3 is 0 Å². The maximum Gasteiger partial charge on any atom is 0.270 e. The minimum absolute atomic E-state index is 0.204. The van der Waals surface area contributed by atoms with Gasteiger partial charge in [0.25, 0.3) is 5.91 Å². The second-order valence-electron chi connectivity index (χ2n) is 5.02. The summed E-state index contributed by atoms with van der Waals surface area (Å²) in [6, 6.07) is 14.1. The van der Waals surface area contributed by atoms with Crippen molar-refractivity contribution in [2.45, 2.75) is 13.3 Å². The molecule has 0 spiro atoms. The molecule has 0 atom stereocenters. The number of nitrogens with zero attached hydrogens (tertiary/aromatic N) is 1. The lowest BCUT2D eigenvalue weighted by molar-refractivity contribution is -0.113. The fourth-order valence-corrected chi connectivity index (χ4v) is 3.71. The maximum absolute atomic E-state index is 13.8. The van der Waals surface area contributed by atoms with Crippen LogP contribution < -0.4 is 4.90 Å². The Hall–Kier alpha value is -1.98. The molecule has 2 aromatic rings. The Morgan fingerprint density at radius 2 is 1.87 bits per heavy atom. The zero-order chi connectivity index (χ0) is 16.4. The van der Waals surface area contributed by atoms with Gasteiger partial charge in [-0.05, 0) is 30.2 Å². The highest BCUT2D eigenvalue weighted by Crippen LogP contribution is 2.37. The van der Waals surface area contributed by atoms with Crippen LogP contribution in [-0.4, -0.2) is 10.2 Å². The Labute approximate surface area is 144 Å². The molecule has 1 amide bonds. The SMILES string of the molecule is CCc1ccccc1N1C(=O)C(=Cc2ccccc2F)SC1=S. The normalized spacial score (nSPS) is 16.4. The fourth-order valence-electron chi connectivity index (χ4n) is 2.44. The first kappa shape index (κ1) is 15.9. The molecule has 5 heteroatoms. The summed E-state index contributed by atoms with van der Waals surface area (Å²) in [7, 11) is 0. The van der Waals surface area contributed by atoms with E-state index < -0.39 is 0 Å². The van der Waals surface area contributed by atoms with Gasteiger partial charge in [-0.15, -0.1) is 0 Å². The van der Waals surface area contributed by atoms with Crippen LogP contribution in [0.1, 0.15) is 18.1 Å². The lowest BCUT2D eigenvalue weighted by Crippen LogP contribution is -2.28. The highest BCUT2D eigenvalue weighted by molar-refractivity contribution is 8.27. The van der Waals surface area contributed by atoms with Crippen LogP contribution in [0.25, 0.3) is 6.08 Å². The van der Waals surface area contributed by atoms with Crippen molar-refractivity contribution >= 4 is 46.0 Å². The fraction of sp³-hybridized carbons (Fsp3) is 0.111. The molecule has 0 saturated carbocycles. The number of aryl methyl sites for hydroxylation is 1. The first-order valence-electron chi connectivity index (χ1n) is 7.22. The molecule has 1 saturated heterocycles. The smallest absolute Gasteiger partial charge is 0.268 e. The quantitative estimate of drug-likeness (QED) is 0.590. The van der Waals surface area contributed by atoms with Crippen molar-refractivity contribution in [1.82, 2.24) is 0 Å². The molecule has 0 bridgehead atoms. The van der Waals surface area contributed by atoms with Gasteiger partial charge >= 0.3 is 0 Å². The highest BCUT2D eigenvalue weighted by Gasteiger charge is 2.34. The number of rotatable bonds is 3. The molecule has 1 aliphatic heterocycles. The van der Waals surface area contributed by atoms with E-state index in [2.05, 4.69) is 0 Å². The number of thioether (sulfide) groups is 1. The summed E-state index contributed by atoms with van der Waals surface area (Å²) in [5.41, 5.74) is 2.24. The van der Waals surface area contributed by atoms with Gasteiger partial charge in [0.05, 0.1) is 10.6 Å². The number of carbonyl (C=O) groups is 1. The summed E-state index contributed by atoms with van der Waals surface area (Å²) in [5, 5.41) is 0. The van der Waals surface area contributed by atoms with Crippen molar-refractivity contribution in [1.29, 1.82) is 0 Å². The summed E-state index contributed by atoms with van der Waals surface area (Å²) in [5.74, 6) is -0.559. The monoisotopic (exact) mass is 343 g/mol. The lowest BCUT2D eigenvalue weighted by atomic mass is 10.1. The molecular weight excluding hydrogens is 329 g/mol. The van der Waals surface area contributed by atoms with Gasteiger partial charge in [0.1, 0.15) is 5.82 Å². The molecule has 2 aromatic carbocycles. The van der Waals surface area contributed by atoms with E-state index in [1.165, 1.54) is 22.7 Å². The third kappa shape index (κ3) is 3.07. The van der Waals surface area contributed by atoms with Crippen LogP contribution in [0.3, 0.4) is 0 Å². The van der Waals surface area contributed by atoms with Gasteiger partial charge in [-0.3, -0.25) is 9.69 Å². The van der Waals surface area contributed by atoms with E-state index in [1.807, 2.05) is 31.2 Å². The molecule has 2 nitrogen and oxygen atoms in total. The summed E-state index contributed by atoms with van der Waals surface area (Å²) < 4.78 is 14.3. The third-order valence-corrected chi connectivity index (χ3v) is 4.90. The summed E-state index contributed by atoms with van der Waals surface area (Å²) >= 11 is 6.57. The zero-order valence-electron chi connectivity index (χ0n) is 12.5. The predicted molar refractivity (Wildman–Crippen MR) is 97.9 cm³/mol. The molecule has 1 fully saturated rings. The van der Waals surface area contributed by atoms with Crippen LogP contribution in [0.15, 0.2) is 53.4 Å². The lowest BCUT2D eigenvalue weighted by Gasteiger charge is -2.18. The minimum Gasteiger partial charge on any atom is -0.268 e. The Morgan fingerprint density at radius 1 is 1.17 bits per heavy atom. The maximum atomic E-state index is 13.8. The van der Waals surface area contributed by atoms with Crippen LogP contribution in [0.2, 0.25) is 0 Å². The number of carbonyl (C=O) groups excluding carboxylic acids is 1. The highest BCUT2D eigenvalue weighted by atomic mass is 32.2. The number of hydrogen-bond donors (Lipinski definition) is 0. The van der Waals surface area contributed by atoms with Crippen molar-refractivity contribution in [3.05, 3.63) is 70.4 Å². The first-order chi connectivity index (χ1) is 11.1. The van der Waals surface area contributed by atoms with E-state index in [0.717, 1.165) is 17.7 Å². The van der Waals surface area contributed by atoms with Crippen molar-refractivity contribution in [2.75, 3.05) is 4.90 Å². The Kier molecular flexibility index (Phi) is 4.59. The molecule has 0 aliphatic carbocycles. The third-order valence-electron chi connectivity index (χ3n) is 3.60. The van der Waals surface area contributed by atoms with Crippen molar-refractivity contribution in [2.24, 2.45) is 0 Å². The molecule has 116 valence electrons. The van der Waals surface area contributed by atoms with Crippen LogP contribution >= 0.6 is 24.0 Å². The molecule has 3 rings (SSSR count). The van der Waals surface area contributed by atoms with Crippen LogP contribution in [0.5, 0.6) is 0 Å². The van der Waals surface area contributed by atoms with Crippen molar-refractivity contribution < 1.29 is 9.18 Å². The molecule has 1 heterocycles. The van der Waals surface area contributed by atoms with E-state index in [9.17, 15) is 9.18 Å². The molecule has 1 aliphatic rings. The molecule has 0 aromatic heterocycles. The van der Waals surface area contributed by atoms with E-state index in [-0.39, 0.29) is 11.7 Å². The Morgan fingerprint density at radius 3 is 2.61 bits per heavy atom. The number of halogens is 1. The van der Waals surface area contributed by atoms with E-state index in [1.54, 1.807) is 24.3 Å². The topological polar surface area (TPSA) is 20.3 Å². The van der Waals surface area contributed by atoms with Gasteiger partial charge in [-0.25, -0.2) is 4.39 Å². The van der Waals surface area contributed by atoms with Gasteiger partial charge in [-0.1, -0.05) is 67.3 Å². The molecule has 0 radical (unpaired) electrons. The Balaban J connectivity index is 1.99. The predicted octanol–water partition coefficient (Wildman–Crippen LogP) is 4.79. The standard InChI is InChI=1S/C18H14FNOS2/c1-2-12-7-4-6-10-15(12)20-17(21)16(23-18(20)22)11-13-8-3-5-9-14(13)19/h3-11H,2H2,1H3. The number of para-hydroxylation sites is 1. The largest absolute Gasteiger partial charge is 0.270 e. The van der Waals surface area contributed by atoms with Gasteiger partial charge in [0, 0.05) is 5.56 Å². The summed E-state index contributed by atoms with van der Waals surface area (Å²) in [4.78, 5) is 14.7. The van der Waals surface area contributed by atoms with Gasteiger partial charge in [-0.2, -0.15) is 0 Å². The minimum atomic E-state index is -0.355. The van der Waals surface area contributed by atoms with Crippen LogP contribution in [-0.2, 0) is 11.2 Å². The van der Waals surface area contributed by atoms with Crippen molar-refractivity contribution in [3.63, 3.8) is 0 Å². The van der Waals surface area contributed by atoms with Crippen molar-refractivity contribution in [3.8, 4) is 0 Å². The van der Waals surface area contributed by atoms with Crippen LogP contribution in [0.4, 0.5) is 10.1 Å². The van der Waals surface area contributed by atoms with Gasteiger partial charge in [0.15, 0.2) is 4.32 Å². The summed E-state index contributed by atoms with van der Waals surface area (Å²) in [6.45, 7) is 2.03. The average molecular weight is 343 g/mol. The van der Waals surface area contributed by atoms with E-state index in [0.29, 0.717) is 14.8 Å². The molecule has 0 N–H and O–H groups in total. The number of thiocarbonyl (C=S) groups is 1. The molecule has 0 unspecified atom stereocenters.